The number of carbonyl (C=O) groups is 3. The second-order valence-corrected chi connectivity index (χ2v) is 7.83. The maximum Gasteiger partial charge on any atom is 0.411 e. The maximum absolute atomic E-state index is 12.5. The smallest absolute Gasteiger partial charge is 0.411 e. The fourth-order valence-electron chi connectivity index (χ4n) is 3.20. The highest BCUT2D eigenvalue weighted by atomic mass is 16.6. The minimum Gasteiger partial charge on any atom is -0.444 e. The van der Waals surface area contributed by atoms with Crippen LogP contribution in [0.3, 0.4) is 0 Å². The third-order valence-corrected chi connectivity index (χ3v) is 4.49. The Bertz CT molecular complexity index is 930. The van der Waals surface area contributed by atoms with E-state index in [2.05, 4.69) is 4.98 Å². The number of pyridine rings is 1. The first kappa shape index (κ1) is 19.7. The van der Waals surface area contributed by atoms with Gasteiger partial charge < -0.3 is 15.4 Å². The van der Waals surface area contributed by atoms with Gasteiger partial charge in [0.05, 0.1) is 0 Å². The number of rotatable bonds is 3. The Morgan fingerprint density at radius 2 is 1.93 bits per heavy atom. The Hall–Kier alpha value is -3.10. The maximum atomic E-state index is 12.5. The van der Waals surface area contributed by atoms with E-state index in [1.807, 2.05) is 17.0 Å². The molecule has 0 saturated carbocycles. The van der Waals surface area contributed by atoms with E-state index >= 15 is 0 Å². The average Bonchev–Trinajstić information content (AvgIpc) is 3.04. The van der Waals surface area contributed by atoms with Gasteiger partial charge in [0.1, 0.15) is 28.8 Å². The van der Waals surface area contributed by atoms with Crippen LogP contribution in [0.4, 0.5) is 10.6 Å². The average molecular weight is 387 g/mol. The van der Waals surface area contributed by atoms with Gasteiger partial charge in [-0.25, -0.2) is 9.78 Å². The van der Waals surface area contributed by atoms with E-state index in [-0.39, 0.29) is 18.9 Å². The van der Waals surface area contributed by atoms with Crippen LogP contribution in [-0.4, -0.2) is 63.3 Å². The molecule has 9 heteroatoms. The monoisotopic (exact) mass is 387 g/mol. The molecule has 2 aromatic rings. The van der Waals surface area contributed by atoms with Crippen molar-refractivity contribution in [2.45, 2.75) is 39.3 Å². The fourth-order valence-corrected chi connectivity index (χ4v) is 3.20. The normalized spacial score (nSPS) is 17.6. The molecule has 2 amide bonds. The van der Waals surface area contributed by atoms with Crippen LogP contribution in [0.2, 0.25) is 0 Å². The van der Waals surface area contributed by atoms with Crippen LogP contribution in [0, 0.1) is 0 Å². The van der Waals surface area contributed by atoms with Crippen molar-refractivity contribution in [3.63, 3.8) is 0 Å². The van der Waals surface area contributed by atoms with Gasteiger partial charge in [-0.2, -0.15) is 0 Å². The zero-order valence-electron chi connectivity index (χ0n) is 16.5. The topological polar surface area (TPSA) is 110 Å². The van der Waals surface area contributed by atoms with Gasteiger partial charge >= 0.3 is 6.09 Å². The molecule has 0 aliphatic carbocycles. The number of primary amides is 1. The van der Waals surface area contributed by atoms with Gasteiger partial charge in [0.25, 0.3) is 0 Å². The molecule has 0 spiro atoms. The van der Waals surface area contributed by atoms with E-state index in [9.17, 15) is 14.4 Å². The lowest BCUT2D eigenvalue weighted by molar-refractivity contribution is -0.123. The Balaban J connectivity index is 1.88. The van der Waals surface area contributed by atoms with Gasteiger partial charge in [-0.15, -0.1) is 0 Å². The van der Waals surface area contributed by atoms with Gasteiger partial charge in [0, 0.05) is 32.8 Å². The van der Waals surface area contributed by atoms with Crippen LogP contribution < -0.4 is 10.6 Å². The summed E-state index contributed by atoms with van der Waals surface area (Å²) in [7, 11) is 0. The molecule has 1 aliphatic rings. The second-order valence-electron chi connectivity index (χ2n) is 7.83. The number of nitrogens with zero attached hydrogens (tertiary/aromatic N) is 4. The molecule has 3 rings (SSSR count). The molecule has 3 heterocycles. The molecular formula is C19H25N5O4. The molecule has 9 nitrogen and oxygen atoms in total. The Morgan fingerprint density at radius 1 is 1.21 bits per heavy atom. The number of imidazole rings is 1. The molecule has 1 unspecified atom stereocenters. The van der Waals surface area contributed by atoms with Crippen LogP contribution >= 0.6 is 0 Å². The summed E-state index contributed by atoms with van der Waals surface area (Å²) in [5.74, 6) is 0.0461. The van der Waals surface area contributed by atoms with E-state index in [1.165, 1.54) is 11.8 Å². The molecule has 1 fully saturated rings. The predicted octanol–water partition coefficient (Wildman–Crippen LogP) is 1.45. The number of hydrogen-bond acceptors (Lipinski definition) is 6. The van der Waals surface area contributed by atoms with Crippen LogP contribution in [-0.2, 0) is 9.53 Å². The number of Topliss-reactive ketones (excluding diaryl/α,β-unsaturated/α-hetero) is 1. The third kappa shape index (κ3) is 3.92. The highest BCUT2D eigenvalue weighted by molar-refractivity contribution is 5.92. The minimum atomic E-state index is -0.824. The molecule has 28 heavy (non-hydrogen) atoms. The Kier molecular flexibility index (Phi) is 5.01. The number of anilines is 1. The van der Waals surface area contributed by atoms with Crippen molar-refractivity contribution in [2.75, 3.05) is 24.5 Å². The van der Waals surface area contributed by atoms with Gasteiger partial charge in [-0.3, -0.25) is 18.9 Å². The number of amides is 2. The van der Waals surface area contributed by atoms with Gasteiger partial charge in [-0.05, 0) is 32.9 Å². The van der Waals surface area contributed by atoms with Crippen LogP contribution in [0.25, 0.3) is 5.65 Å². The third-order valence-electron chi connectivity index (χ3n) is 4.49. The number of aromatic nitrogens is 2. The van der Waals surface area contributed by atoms with Crippen LogP contribution in [0.5, 0.6) is 0 Å². The minimum absolute atomic E-state index is 0.126. The van der Waals surface area contributed by atoms with E-state index < -0.39 is 23.6 Å². The zero-order chi connectivity index (χ0) is 20.6. The number of carbonyl (C=O) groups excluding carboxylic acids is 3. The molecule has 0 aromatic carbocycles. The van der Waals surface area contributed by atoms with E-state index in [0.29, 0.717) is 17.9 Å². The summed E-state index contributed by atoms with van der Waals surface area (Å²) in [6, 6.07) is 4.69. The number of fused-ring (bicyclic) bond motifs is 1. The van der Waals surface area contributed by atoms with Crippen molar-refractivity contribution in [3.05, 3.63) is 30.1 Å². The summed E-state index contributed by atoms with van der Waals surface area (Å²) < 4.78 is 7.21. The largest absolute Gasteiger partial charge is 0.444 e. The van der Waals surface area contributed by atoms with Crippen molar-refractivity contribution in [1.29, 1.82) is 0 Å². The Morgan fingerprint density at radius 3 is 2.54 bits per heavy atom. The van der Waals surface area contributed by atoms with Crippen molar-refractivity contribution >= 4 is 29.2 Å². The number of ether oxygens (including phenoxy) is 1. The SMILES string of the molecule is CC(=O)c1cn2c(N3CCN(C(=O)OC(C)(C)C)C(C(N)=O)C3)cccc2n1. The number of piperazine rings is 1. The van der Waals surface area contributed by atoms with E-state index in [0.717, 1.165) is 5.82 Å². The van der Waals surface area contributed by atoms with Crippen LogP contribution in [0.1, 0.15) is 38.2 Å². The molecule has 1 saturated heterocycles. The molecule has 150 valence electrons. The highest BCUT2D eigenvalue weighted by Gasteiger charge is 2.37. The molecule has 0 bridgehead atoms. The molecule has 0 radical (unpaired) electrons. The quantitative estimate of drug-likeness (QED) is 0.798. The predicted molar refractivity (Wildman–Crippen MR) is 103 cm³/mol. The molecule has 2 aromatic heterocycles. The van der Waals surface area contributed by atoms with Gasteiger partial charge in [0.2, 0.25) is 5.91 Å². The number of ketones is 1. The lowest BCUT2D eigenvalue weighted by atomic mass is 10.1. The van der Waals surface area contributed by atoms with Crippen molar-refractivity contribution in [3.8, 4) is 0 Å². The zero-order valence-corrected chi connectivity index (χ0v) is 16.5. The summed E-state index contributed by atoms with van der Waals surface area (Å²) >= 11 is 0. The standard InChI is InChI=1S/C19H25N5O4/c1-12(25)13-10-24-15(21-13)6-5-7-16(24)22-8-9-23(14(11-22)17(20)26)18(27)28-19(2,3)4/h5-7,10,14H,8-9,11H2,1-4H3,(H2,20,26). The van der Waals surface area contributed by atoms with Gasteiger partial charge in [-0.1, -0.05) is 6.07 Å². The summed E-state index contributed by atoms with van der Waals surface area (Å²) in [4.78, 5) is 43.8. The highest BCUT2D eigenvalue weighted by Crippen LogP contribution is 2.23. The van der Waals surface area contributed by atoms with Gasteiger partial charge in [0.15, 0.2) is 5.78 Å². The molecule has 1 atom stereocenters. The lowest BCUT2D eigenvalue weighted by Gasteiger charge is -2.41. The summed E-state index contributed by atoms with van der Waals surface area (Å²) in [6.45, 7) is 7.76. The van der Waals surface area contributed by atoms with E-state index in [1.54, 1.807) is 37.4 Å². The van der Waals surface area contributed by atoms with Crippen molar-refractivity contribution < 1.29 is 19.1 Å². The number of hydrogen-bond donors (Lipinski definition) is 1. The first-order valence-corrected chi connectivity index (χ1v) is 9.10. The molecule has 1 aliphatic heterocycles. The molecular weight excluding hydrogens is 362 g/mol. The summed E-state index contributed by atoms with van der Waals surface area (Å²) in [5.41, 5.74) is 5.91. The van der Waals surface area contributed by atoms with Crippen molar-refractivity contribution in [1.82, 2.24) is 14.3 Å². The molecule has 2 N–H and O–H groups in total. The first-order valence-electron chi connectivity index (χ1n) is 9.10. The van der Waals surface area contributed by atoms with Crippen molar-refractivity contribution in [2.24, 2.45) is 5.73 Å². The number of nitrogens with two attached hydrogens (primary N) is 1. The second kappa shape index (κ2) is 7.14. The first-order chi connectivity index (χ1) is 13.1. The van der Waals surface area contributed by atoms with Crippen LogP contribution in [0.15, 0.2) is 24.4 Å². The Labute approximate surface area is 163 Å². The lowest BCUT2D eigenvalue weighted by Crippen LogP contribution is -2.60. The fraction of sp³-hybridized carbons (Fsp3) is 0.474. The van der Waals surface area contributed by atoms with E-state index in [4.69, 9.17) is 10.5 Å². The summed E-state index contributed by atoms with van der Waals surface area (Å²) in [5, 5.41) is 0. The summed E-state index contributed by atoms with van der Waals surface area (Å²) in [6.07, 6.45) is 1.11.